The van der Waals surface area contributed by atoms with Crippen LogP contribution in [0.2, 0.25) is 0 Å². The summed E-state index contributed by atoms with van der Waals surface area (Å²) >= 11 is 1.83. The van der Waals surface area contributed by atoms with E-state index in [4.69, 9.17) is 5.10 Å². The Bertz CT molecular complexity index is 2300. The van der Waals surface area contributed by atoms with E-state index in [0.717, 1.165) is 51.5 Å². The van der Waals surface area contributed by atoms with E-state index >= 15 is 0 Å². The molecule has 40 heavy (non-hydrogen) atoms. The number of benzene rings is 5. The Hall–Kier alpha value is -4.54. The molecule has 5 aromatic carbocycles. The molecule has 0 bridgehead atoms. The topological polar surface area (TPSA) is 17.3 Å². The van der Waals surface area contributed by atoms with Crippen molar-refractivity contribution in [3.05, 3.63) is 121 Å². The van der Waals surface area contributed by atoms with Gasteiger partial charge in [-0.05, 0) is 83.1 Å². The van der Waals surface area contributed by atoms with Crippen LogP contribution in [0.5, 0.6) is 0 Å². The molecule has 8 aromatic rings. The lowest BCUT2D eigenvalue weighted by Gasteiger charge is -2.10. The minimum absolute atomic E-state index is 0.208. The molecule has 1 fully saturated rings. The van der Waals surface area contributed by atoms with Crippen LogP contribution in [0.25, 0.3) is 69.6 Å². The van der Waals surface area contributed by atoms with Gasteiger partial charge < -0.3 is 0 Å². The first-order valence-electron chi connectivity index (χ1n) is 13.8. The minimum atomic E-state index is -0.208. The fraction of sp³-hybridized carbons (Fsp3) is 0.0833. The van der Waals surface area contributed by atoms with Crippen LogP contribution in [0.3, 0.4) is 0 Å². The number of aromatic nitrogens is 2. The minimum Gasteiger partial charge on any atom is -0.236 e. The molecular formula is C36H23FN2S. The van der Waals surface area contributed by atoms with Gasteiger partial charge in [0, 0.05) is 48.3 Å². The lowest BCUT2D eigenvalue weighted by molar-refractivity contribution is 0.629. The quantitative estimate of drug-likeness (QED) is 0.220. The monoisotopic (exact) mass is 534 g/mol. The molecule has 2 nitrogen and oxygen atoms in total. The molecule has 0 radical (unpaired) electrons. The third-order valence-electron chi connectivity index (χ3n) is 8.39. The first-order valence-corrected chi connectivity index (χ1v) is 14.6. The van der Waals surface area contributed by atoms with Gasteiger partial charge in [0.15, 0.2) is 0 Å². The average molecular weight is 535 g/mol. The van der Waals surface area contributed by atoms with Gasteiger partial charge in [-0.1, -0.05) is 60.7 Å². The molecule has 1 saturated carbocycles. The number of thiophene rings is 1. The van der Waals surface area contributed by atoms with Crippen LogP contribution in [0, 0.1) is 5.82 Å². The summed E-state index contributed by atoms with van der Waals surface area (Å²) in [4.78, 5) is 0. The summed E-state index contributed by atoms with van der Waals surface area (Å²) in [6.45, 7) is 0. The van der Waals surface area contributed by atoms with Crippen molar-refractivity contribution in [3.8, 4) is 22.4 Å². The molecule has 190 valence electrons. The number of rotatable bonds is 3. The first-order chi connectivity index (χ1) is 19.7. The van der Waals surface area contributed by atoms with E-state index in [0.29, 0.717) is 5.92 Å². The predicted octanol–water partition coefficient (Wildman–Crippen LogP) is 10.4. The smallest absolute Gasteiger partial charge is 0.123 e. The summed E-state index contributed by atoms with van der Waals surface area (Å²) in [7, 11) is 0. The fourth-order valence-corrected chi connectivity index (χ4v) is 7.39. The molecule has 4 heteroatoms. The molecule has 1 aliphatic carbocycles. The molecule has 0 atom stereocenters. The summed E-state index contributed by atoms with van der Waals surface area (Å²) in [6.07, 6.45) is 2.28. The number of hydrogen-bond acceptors (Lipinski definition) is 2. The molecule has 3 heterocycles. The molecule has 0 aliphatic heterocycles. The van der Waals surface area contributed by atoms with E-state index in [1.807, 2.05) is 17.4 Å². The van der Waals surface area contributed by atoms with Crippen molar-refractivity contribution in [3.63, 3.8) is 0 Å². The second kappa shape index (κ2) is 8.23. The van der Waals surface area contributed by atoms with E-state index in [1.54, 1.807) is 12.1 Å². The van der Waals surface area contributed by atoms with Crippen molar-refractivity contribution >= 4 is 58.6 Å². The number of pyridine rings is 1. The van der Waals surface area contributed by atoms with Gasteiger partial charge in [-0.15, -0.1) is 11.3 Å². The number of fused-ring (bicyclic) bond motifs is 7. The Balaban J connectivity index is 1.43. The highest BCUT2D eigenvalue weighted by molar-refractivity contribution is 7.25. The van der Waals surface area contributed by atoms with Crippen molar-refractivity contribution in [1.29, 1.82) is 0 Å². The van der Waals surface area contributed by atoms with Gasteiger partial charge in [-0.2, -0.15) is 5.10 Å². The summed E-state index contributed by atoms with van der Waals surface area (Å²) < 4.78 is 19.2. The second-order valence-electron chi connectivity index (χ2n) is 10.9. The lowest BCUT2D eigenvalue weighted by Crippen LogP contribution is -1.98. The van der Waals surface area contributed by atoms with Crippen molar-refractivity contribution in [1.82, 2.24) is 9.61 Å². The Morgan fingerprint density at radius 1 is 0.650 bits per heavy atom. The summed E-state index contributed by atoms with van der Waals surface area (Å²) in [5.41, 5.74) is 6.51. The zero-order valence-corrected chi connectivity index (χ0v) is 22.4. The molecule has 9 rings (SSSR count). The van der Waals surface area contributed by atoms with Crippen LogP contribution in [0.15, 0.2) is 109 Å². The fourth-order valence-electron chi connectivity index (χ4n) is 6.31. The molecule has 0 N–H and O–H groups in total. The molecule has 0 spiro atoms. The van der Waals surface area contributed by atoms with Crippen LogP contribution in [0.4, 0.5) is 4.39 Å². The van der Waals surface area contributed by atoms with Gasteiger partial charge in [-0.3, -0.25) is 0 Å². The van der Waals surface area contributed by atoms with Crippen LogP contribution in [-0.4, -0.2) is 9.61 Å². The molecular weight excluding hydrogens is 511 g/mol. The third kappa shape index (κ3) is 3.29. The van der Waals surface area contributed by atoms with Gasteiger partial charge >= 0.3 is 0 Å². The maximum atomic E-state index is 14.5. The van der Waals surface area contributed by atoms with E-state index in [9.17, 15) is 4.39 Å². The van der Waals surface area contributed by atoms with Gasteiger partial charge in [0.1, 0.15) is 11.5 Å². The number of hydrogen-bond donors (Lipinski definition) is 0. The third-order valence-corrected chi connectivity index (χ3v) is 9.54. The highest BCUT2D eigenvalue weighted by atomic mass is 32.1. The van der Waals surface area contributed by atoms with Crippen LogP contribution >= 0.6 is 11.3 Å². The molecule has 0 amide bonds. The normalized spacial score (nSPS) is 13.8. The van der Waals surface area contributed by atoms with Gasteiger partial charge in [0.2, 0.25) is 0 Å². The summed E-state index contributed by atoms with van der Waals surface area (Å²) in [5, 5.41) is 12.3. The summed E-state index contributed by atoms with van der Waals surface area (Å²) in [5.74, 6) is 0.247. The highest BCUT2D eigenvalue weighted by Crippen LogP contribution is 2.46. The SMILES string of the molecule is Fc1ccc2c(c1)cc(C1CC1)n1nc(-c3ccc4ccccc4c3)c(-c3ccc4sc5ccccc5c4c3)c21. The number of halogens is 1. The van der Waals surface area contributed by atoms with E-state index < -0.39 is 0 Å². The van der Waals surface area contributed by atoms with Crippen LogP contribution in [-0.2, 0) is 0 Å². The standard InChI is InChI=1S/C36H23FN2S/c37-27-14-15-28-26(18-27)20-31(22-10-11-22)39-36(28)34(35(38-39)25-12-9-21-5-1-2-6-23(21)17-25)24-13-16-33-30(19-24)29-7-3-4-8-32(29)40-33/h1-9,12-20,22H,10-11H2. The largest absolute Gasteiger partial charge is 0.236 e. The highest BCUT2D eigenvalue weighted by Gasteiger charge is 2.30. The Labute approximate surface area is 233 Å². The van der Waals surface area contributed by atoms with Crippen molar-refractivity contribution in [2.75, 3.05) is 0 Å². The maximum Gasteiger partial charge on any atom is 0.123 e. The molecule has 1 aliphatic rings. The Morgan fingerprint density at radius 3 is 2.35 bits per heavy atom. The lowest BCUT2D eigenvalue weighted by atomic mass is 9.95. The van der Waals surface area contributed by atoms with Crippen molar-refractivity contribution < 1.29 is 4.39 Å². The average Bonchev–Trinajstić information content (AvgIpc) is 3.66. The zero-order valence-electron chi connectivity index (χ0n) is 21.6. The number of nitrogens with zero attached hydrogens (tertiary/aromatic N) is 2. The predicted molar refractivity (Wildman–Crippen MR) is 166 cm³/mol. The first kappa shape index (κ1) is 22.3. The molecule has 0 saturated heterocycles. The summed E-state index contributed by atoms with van der Waals surface area (Å²) in [6, 6.07) is 37.8. The van der Waals surface area contributed by atoms with Gasteiger partial charge in [0.05, 0.1) is 5.52 Å². The van der Waals surface area contributed by atoms with Gasteiger partial charge in [0.25, 0.3) is 0 Å². The maximum absolute atomic E-state index is 14.5. The van der Waals surface area contributed by atoms with Crippen LogP contribution in [0.1, 0.15) is 24.5 Å². The molecule has 3 aromatic heterocycles. The Morgan fingerprint density at radius 2 is 1.45 bits per heavy atom. The molecule has 0 unspecified atom stereocenters. The van der Waals surface area contributed by atoms with Crippen molar-refractivity contribution in [2.24, 2.45) is 0 Å². The zero-order chi connectivity index (χ0) is 26.4. The van der Waals surface area contributed by atoms with E-state index in [2.05, 4.69) is 95.5 Å². The van der Waals surface area contributed by atoms with Crippen LogP contribution < -0.4 is 0 Å². The Kier molecular flexibility index (Phi) is 4.59. The van der Waals surface area contributed by atoms with Crippen molar-refractivity contribution in [2.45, 2.75) is 18.8 Å². The second-order valence-corrected chi connectivity index (χ2v) is 12.0. The van der Waals surface area contributed by atoms with E-state index in [-0.39, 0.29) is 5.82 Å². The van der Waals surface area contributed by atoms with E-state index in [1.165, 1.54) is 36.6 Å². The van der Waals surface area contributed by atoms with Gasteiger partial charge in [-0.25, -0.2) is 8.91 Å².